The molecule has 2 aromatic rings. The van der Waals surface area contributed by atoms with E-state index in [1.807, 2.05) is 0 Å². The van der Waals surface area contributed by atoms with Crippen LogP contribution in [0.15, 0.2) is 18.2 Å². The monoisotopic (exact) mass is 641 g/mol. The van der Waals surface area contributed by atoms with Crippen LogP contribution in [0.25, 0.3) is 0 Å². The Balaban J connectivity index is 1.27. The number of rotatable bonds is 5. The zero-order valence-electron chi connectivity index (χ0n) is 26.0. The summed E-state index contributed by atoms with van der Waals surface area (Å²) in [5.41, 5.74) is 5.28. The van der Waals surface area contributed by atoms with Crippen LogP contribution in [0.1, 0.15) is 85.9 Å². The minimum absolute atomic E-state index is 0.00881. The number of nitrogens with two attached hydrogens (primary N) is 1. The molecule has 8 nitrogen and oxygen atoms in total. The van der Waals surface area contributed by atoms with E-state index in [0.717, 1.165) is 76.2 Å². The molecule has 3 saturated heterocycles. The molecule has 0 unspecified atom stereocenters. The molecule has 12 heteroatoms. The molecule has 5 heterocycles. The molecule has 4 fully saturated rings. The number of aliphatic hydroxyl groups is 1. The third-order valence-electron chi connectivity index (χ3n) is 10.6. The molecule has 5 aliphatic rings. The number of benzene rings is 1. The fraction of sp³-hybridized carbons (Fsp3) is 0.588. The molecule has 1 aromatic carbocycles. The average Bonchev–Trinajstić information content (AvgIpc) is 3.51. The highest BCUT2D eigenvalue weighted by Crippen LogP contribution is 2.50. The Morgan fingerprint density at radius 1 is 1.22 bits per heavy atom. The maximum absolute atomic E-state index is 15.6. The van der Waals surface area contributed by atoms with Crippen LogP contribution >= 0.6 is 0 Å². The number of aliphatic hydroxyl groups excluding tert-OH is 1. The van der Waals surface area contributed by atoms with Crippen LogP contribution in [0, 0.1) is 23.1 Å². The van der Waals surface area contributed by atoms with Gasteiger partial charge in [0.05, 0.1) is 41.3 Å². The summed E-state index contributed by atoms with van der Waals surface area (Å²) in [6, 6.07) is 1.07. The van der Waals surface area contributed by atoms with Gasteiger partial charge in [0.1, 0.15) is 12.4 Å². The Kier molecular flexibility index (Phi) is 7.73. The highest BCUT2D eigenvalue weighted by molar-refractivity contribution is 5.59. The number of hydrogen-bond acceptors (Lipinski definition) is 8. The summed E-state index contributed by atoms with van der Waals surface area (Å²) >= 11 is 0. The Hall–Kier alpha value is -3.40. The van der Waals surface area contributed by atoms with Gasteiger partial charge in [-0.05, 0) is 69.9 Å². The van der Waals surface area contributed by atoms with Gasteiger partial charge in [0.15, 0.2) is 5.82 Å². The van der Waals surface area contributed by atoms with Crippen molar-refractivity contribution in [3.05, 3.63) is 52.0 Å². The number of aromatic nitrogens is 2. The van der Waals surface area contributed by atoms with E-state index in [1.54, 1.807) is 0 Å². The summed E-state index contributed by atoms with van der Waals surface area (Å²) in [4.78, 5) is 14.2. The van der Waals surface area contributed by atoms with E-state index in [2.05, 4.69) is 28.2 Å². The van der Waals surface area contributed by atoms with Gasteiger partial charge in [0, 0.05) is 42.7 Å². The van der Waals surface area contributed by atoms with E-state index < -0.39 is 40.5 Å². The van der Waals surface area contributed by atoms with Crippen LogP contribution in [0.5, 0.6) is 6.01 Å². The van der Waals surface area contributed by atoms with Gasteiger partial charge in [-0.25, -0.2) is 4.39 Å². The molecule has 246 valence electrons. The second kappa shape index (κ2) is 11.4. The number of nitrogens with zero attached hydrogens (tertiary/aromatic N) is 4. The molecule has 0 bridgehead atoms. The molecular formula is C34H39F4N5O3. The lowest BCUT2D eigenvalue weighted by atomic mass is 9.62. The molecule has 1 aromatic heterocycles. The quantitative estimate of drug-likeness (QED) is 0.196. The predicted molar refractivity (Wildman–Crippen MR) is 164 cm³/mol. The van der Waals surface area contributed by atoms with Crippen LogP contribution < -0.4 is 15.4 Å². The molecule has 2 atom stereocenters. The first-order chi connectivity index (χ1) is 21.9. The van der Waals surface area contributed by atoms with Gasteiger partial charge in [0.2, 0.25) is 0 Å². The molecule has 0 amide bonds. The van der Waals surface area contributed by atoms with Crippen LogP contribution in [0.3, 0.4) is 0 Å². The van der Waals surface area contributed by atoms with Crippen LogP contribution in [0.2, 0.25) is 0 Å². The highest BCUT2D eigenvalue weighted by atomic mass is 19.4. The number of nitrogen functional groups attached to an aromatic ring is 1. The van der Waals surface area contributed by atoms with Gasteiger partial charge in [-0.15, -0.1) is 5.92 Å². The lowest BCUT2D eigenvalue weighted by molar-refractivity contribution is -0.140. The van der Waals surface area contributed by atoms with E-state index in [1.165, 1.54) is 6.92 Å². The van der Waals surface area contributed by atoms with Gasteiger partial charge in [-0.1, -0.05) is 18.1 Å². The fourth-order valence-corrected chi connectivity index (χ4v) is 8.59. The third kappa shape index (κ3) is 5.40. The SMILES string of the molecule is C=C1CN2CCC[C@]2(COc2nc3c(c(N4CCCC5(CC(O)C5)C4)n2)CO[C@H](c2c(F)c(N)cc(C#CC)c2C(F)(F)F)C3)C1. The van der Waals surface area contributed by atoms with Crippen molar-refractivity contribution in [2.24, 2.45) is 5.41 Å². The maximum atomic E-state index is 15.6. The van der Waals surface area contributed by atoms with Gasteiger partial charge >= 0.3 is 12.2 Å². The normalized spacial score (nSPS) is 29.3. The first kappa shape index (κ1) is 31.2. The van der Waals surface area contributed by atoms with Crippen molar-refractivity contribution >= 4 is 11.5 Å². The van der Waals surface area contributed by atoms with Crippen molar-refractivity contribution in [2.75, 3.05) is 43.4 Å². The van der Waals surface area contributed by atoms with Crippen LogP contribution in [-0.4, -0.2) is 64.4 Å². The van der Waals surface area contributed by atoms with Crippen molar-refractivity contribution in [3.63, 3.8) is 0 Å². The minimum Gasteiger partial charge on any atom is -0.461 e. The largest absolute Gasteiger partial charge is 0.461 e. The number of ether oxygens (including phenoxy) is 2. The van der Waals surface area contributed by atoms with Gasteiger partial charge in [-0.3, -0.25) is 4.90 Å². The lowest BCUT2D eigenvalue weighted by Crippen LogP contribution is -2.53. The molecule has 0 radical (unpaired) electrons. The number of piperidine rings is 1. The second-order valence-electron chi connectivity index (χ2n) is 13.8. The average molecular weight is 642 g/mol. The smallest absolute Gasteiger partial charge is 0.418 e. The summed E-state index contributed by atoms with van der Waals surface area (Å²) < 4.78 is 71.4. The summed E-state index contributed by atoms with van der Waals surface area (Å²) in [7, 11) is 0. The van der Waals surface area contributed by atoms with E-state index in [9.17, 15) is 18.3 Å². The van der Waals surface area contributed by atoms with E-state index in [4.69, 9.17) is 25.2 Å². The van der Waals surface area contributed by atoms with Crippen molar-refractivity contribution in [3.8, 4) is 17.9 Å². The van der Waals surface area contributed by atoms with E-state index in [-0.39, 0.29) is 36.1 Å². The first-order valence-electron chi connectivity index (χ1n) is 16.0. The van der Waals surface area contributed by atoms with Gasteiger partial charge in [-0.2, -0.15) is 23.1 Å². The summed E-state index contributed by atoms with van der Waals surface area (Å²) in [6.45, 7) is 9.08. The number of halogens is 4. The van der Waals surface area contributed by atoms with E-state index >= 15 is 4.39 Å². The van der Waals surface area contributed by atoms with Crippen molar-refractivity contribution in [1.82, 2.24) is 14.9 Å². The fourth-order valence-electron chi connectivity index (χ4n) is 8.59. The molecule has 4 aliphatic heterocycles. The lowest BCUT2D eigenvalue weighted by Gasteiger charge is -2.51. The van der Waals surface area contributed by atoms with Crippen molar-refractivity contribution in [2.45, 2.75) is 88.8 Å². The number of hydrogen-bond donors (Lipinski definition) is 2. The molecule has 1 aliphatic carbocycles. The summed E-state index contributed by atoms with van der Waals surface area (Å²) in [6.07, 6.45) is -0.424. The maximum Gasteiger partial charge on any atom is 0.418 e. The number of alkyl halides is 3. The van der Waals surface area contributed by atoms with Crippen LogP contribution in [-0.2, 0) is 23.9 Å². The van der Waals surface area contributed by atoms with Crippen LogP contribution in [0.4, 0.5) is 29.1 Å². The summed E-state index contributed by atoms with van der Waals surface area (Å²) in [5.74, 6) is 4.37. The Morgan fingerprint density at radius 2 is 2.00 bits per heavy atom. The highest BCUT2D eigenvalue weighted by Gasteiger charge is 2.49. The number of anilines is 2. The zero-order chi connectivity index (χ0) is 32.4. The third-order valence-corrected chi connectivity index (χ3v) is 10.6. The Morgan fingerprint density at radius 3 is 2.74 bits per heavy atom. The minimum atomic E-state index is -4.90. The Bertz CT molecular complexity index is 1620. The first-order valence-corrected chi connectivity index (χ1v) is 16.0. The molecule has 1 spiro atoms. The molecule has 7 rings (SSSR count). The standard InChI is InChI=1S/C34H39F4N5O3/c1-3-6-21-11-24(39)29(35)27(28(21)34(36,37)38)26-12-25-23(17-45-26)30(42-9-4-7-32(18-42)14-22(44)15-32)41-31(40-25)46-19-33-8-5-10-43(33)16-20(2)13-33/h11,22,26,44H,2,4-5,7-10,12-19,39H2,1H3/t22?,26-,32?,33+/m0/s1. The van der Waals surface area contributed by atoms with Gasteiger partial charge < -0.3 is 25.2 Å². The van der Waals surface area contributed by atoms with Crippen molar-refractivity contribution in [1.29, 1.82) is 0 Å². The topological polar surface area (TPSA) is 97.0 Å². The molecular weight excluding hydrogens is 602 g/mol. The van der Waals surface area contributed by atoms with Crippen molar-refractivity contribution < 1.29 is 32.1 Å². The zero-order valence-corrected chi connectivity index (χ0v) is 26.0. The van der Waals surface area contributed by atoms with E-state index in [0.29, 0.717) is 30.2 Å². The molecule has 1 saturated carbocycles. The molecule has 3 N–H and O–H groups in total. The summed E-state index contributed by atoms with van der Waals surface area (Å²) in [5, 5.41) is 10.1. The predicted octanol–water partition coefficient (Wildman–Crippen LogP) is 5.32. The second-order valence-corrected chi connectivity index (χ2v) is 13.8. The number of fused-ring (bicyclic) bond motifs is 2. The Labute approximate surface area is 266 Å². The molecule has 46 heavy (non-hydrogen) atoms. The van der Waals surface area contributed by atoms with Gasteiger partial charge in [0.25, 0.3) is 0 Å².